The predicted octanol–water partition coefficient (Wildman–Crippen LogP) is 1.63. The van der Waals surface area contributed by atoms with Gasteiger partial charge >= 0.3 is 5.97 Å². The van der Waals surface area contributed by atoms with E-state index >= 15 is 0 Å². The lowest BCUT2D eigenvalue weighted by Crippen LogP contribution is -2.20. The van der Waals surface area contributed by atoms with E-state index < -0.39 is 12.1 Å². The third-order valence-corrected chi connectivity index (χ3v) is 3.21. The van der Waals surface area contributed by atoms with Crippen molar-refractivity contribution in [2.75, 3.05) is 25.6 Å². The number of aromatic amines is 1. The zero-order chi connectivity index (χ0) is 16.1. The molecule has 6 heteroatoms. The van der Waals surface area contributed by atoms with E-state index in [0.29, 0.717) is 30.2 Å². The van der Waals surface area contributed by atoms with Crippen LogP contribution >= 0.6 is 0 Å². The lowest BCUT2D eigenvalue weighted by atomic mass is 10.1. The number of aromatic nitrogens is 1. The van der Waals surface area contributed by atoms with E-state index in [1.807, 2.05) is 18.2 Å². The molecule has 1 heterocycles. The third kappa shape index (κ3) is 3.46. The molecule has 0 fully saturated rings. The van der Waals surface area contributed by atoms with Gasteiger partial charge in [-0.2, -0.15) is 0 Å². The van der Waals surface area contributed by atoms with Gasteiger partial charge in [0.2, 0.25) is 5.52 Å². The van der Waals surface area contributed by atoms with Crippen molar-refractivity contribution in [2.45, 2.75) is 20.0 Å². The molecule has 6 nitrogen and oxygen atoms in total. The highest BCUT2D eigenvalue weighted by Crippen LogP contribution is 2.28. The second kappa shape index (κ2) is 7.09. The van der Waals surface area contributed by atoms with Crippen molar-refractivity contribution >= 4 is 22.6 Å². The monoisotopic (exact) mass is 305 g/mol. The van der Waals surface area contributed by atoms with Gasteiger partial charge in [0.15, 0.2) is 6.20 Å². The van der Waals surface area contributed by atoms with Gasteiger partial charge in [-0.1, -0.05) is 0 Å². The summed E-state index contributed by atoms with van der Waals surface area (Å²) >= 11 is 0. The number of esters is 1. The second-order valence-corrected chi connectivity index (χ2v) is 4.94. The molecule has 0 aliphatic rings. The number of hydrogen-bond donors (Lipinski definition) is 2. The highest BCUT2D eigenvalue weighted by Gasteiger charge is 2.20. The van der Waals surface area contributed by atoms with Crippen molar-refractivity contribution in [3.63, 3.8) is 0 Å². The van der Waals surface area contributed by atoms with Crippen LogP contribution in [0.4, 0.5) is 5.69 Å². The molecular formula is C16H21N2O4+. The molecule has 0 unspecified atom stereocenters. The molecule has 0 saturated carbocycles. The number of carbonyl (C=O) groups excluding carboxylic acids is 1. The summed E-state index contributed by atoms with van der Waals surface area (Å²) in [6, 6.07) is 5.54. The molecule has 2 aromatic rings. The van der Waals surface area contributed by atoms with E-state index in [4.69, 9.17) is 9.47 Å². The standard InChI is InChI=1S/C16H20N2O4/c1-4-22-16(20)13-9-17-14-6-5-11(21-3)7-12(14)15(13)18-8-10(2)19/h5-7,9-10,19H,4,8H2,1-3H3,(H,17,18)/p+1/t10-/m1/s1. The normalized spacial score (nSPS) is 12.0. The zero-order valence-electron chi connectivity index (χ0n) is 13.0. The fourth-order valence-electron chi connectivity index (χ4n) is 2.16. The Bertz CT molecular complexity index is 670. The van der Waals surface area contributed by atoms with Crippen LogP contribution in [0.25, 0.3) is 10.9 Å². The summed E-state index contributed by atoms with van der Waals surface area (Å²) in [6.07, 6.45) is 1.07. The Morgan fingerprint density at radius 3 is 2.86 bits per heavy atom. The number of anilines is 1. The van der Waals surface area contributed by atoms with Gasteiger partial charge in [0.05, 0.1) is 30.9 Å². The van der Waals surface area contributed by atoms with Crippen LogP contribution in [0.5, 0.6) is 5.75 Å². The van der Waals surface area contributed by atoms with Crippen LogP contribution < -0.4 is 15.0 Å². The molecule has 0 saturated heterocycles. The SMILES string of the molecule is CCOC(=O)c1c[nH+]c2ccc(OC)cc2c1NC[C@@H](C)O. The maximum Gasteiger partial charge on any atom is 0.346 e. The molecule has 0 spiro atoms. The van der Waals surface area contributed by atoms with Crippen molar-refractivity contribution < 1.29 is 24.4 Å². The molecule has 0 amide bonds. The van der Waals surface area contributed by atoms with Gasteiger partial charge in [0.25, 0.3) is 0 Å². The van der Waals surface area contributed by atoms with E-state index in [0.717, 1.165) is 10.9 Å². The van der Waals surface area contributed by atoms with Crippen LogP contribution in [0.2, 0.25) is 0 Å². The van der Waals surface area contributed by atoms with Crippen LogP contribution in [0.1, 0.15) is 24.2 Å². The molecule has 118 valence electrons. The fraction of sp³-hybridized carbons (Fsp3) is 0.375. The minimum absolute atomic E-state index is 0.296. The summed E-state index contributed by atoms with van der Waals surface area (Å²) in [4.78, 5) is 15.2. The second-order valence-electron chi connectivity index (χ2n) is 4.94. The van der Waals surface area contributed by atoms with E-state index in [2.05, 4.69) is 10.3 Å². The van der Waals surface area contributed by atoms with Crippen molar-refractivity contribution in [3.8, 4) is 5.75 Å². The fourth-order valence-corrected chi connectivity index (χ4v) is 2.16. The molecule has 3 N–H and O–H groups in total. The highest BCUT2D eigenvalue weighted by atomic mass is 16.5. The number of carbonyl (C=O) groups is 1. The lowest BCUT2D eigenvalue weighted by molar-refractivity contribution is -0.344. The van der Waals surface area contributed by atoms with Gasteiger partial charge in [-0.15, -0.1) is 0 Å². The number of aliphatic hydroxyl groups is 1. The number of pyridine rings is 1. The molecule has 0 bridgehead atoms. The van der Waals surface area contributed by atoms with E-state index in [9.17, 15) is 9.90 Å². The van der Waals surface area contributed by atoms with E-state index in [1.165, 1.54) is 0 Å². The first-order valence-electron chi connectivity index (χ1n) is 7.18. The molecule has 2 rings (SSSR count). The number of aliphatic hydroxyl groups excluding tert-OH is 1. The van der Waals surface area contributed by atoms with Crippen molar-refractivity contribution in [1.82, 2.24) is 0 Å². The van der Waals surface area contributed by atoms with Gasteiger partial charge < -0.3 is 19.9 Å². The Balaban J connectivity index is 2.57. The Kier molecular flexibility index (Phi) is 5.16. The lowest BCUT2D eigenvalue weighted by Gasteiger charge is -2.13. The first-order valence-corrected chi connectivity index (χ1v) is 7.18. The first kappa shape index (κ1) is 16.0. The summed E-state index contributed by atoms with van der Waals surface area (Å²) in [5.74, 6) is 0.263. The number of nitrogens with one attached hydrogen (secondary N) is 2. The summed E-state index contributed by atoms with van der Waals surface area (Å²) < 4.78 is 10.3. The molecule has 22 heavy (non-hydrogen) atoms. The molecule has 0 aliphatic heterocycles. The van der Waals surface area contributed by atoms with Crippen molar-refractivity contribution in [1.29, 1.82) is 0 Å². The average molecular weight is 305 g/mol. The highest BCUT2D eigenvalue weighted by molar-refractivity contribution is 6.04. The number of benzene rings is 1. The van der Waals surface area contributed by atoms with Crippen LogP contribution in [0.15, 0.2) is 24.4 Å². The first-order chi connectivity index (χ1) is 10.6. The summed E-state index contributed by atoms with van der Waals surface area (Å²) in [7, 11) is 1.59. The van der Waals surface area contributed by atoms with Crippen LogP contribution in [0.3, 0.4) is 0 Å². The Morgan fingerprint density at radius 1 is 1.45 bits per heavy atom. The Hall–Kier alpha value is -2.34. The number of H-pyrrole nitrogens is 1. The summed E-state index contributed by atoms with van der Waals surface area (Å²) in [5.41, 5.74) is 1.86. The van der Waals surface area contributed by atoms with Gasteiger partial charge in [-0.3, -0.25) is 0 Å². The summed E-state index contributed by atoms with van der Waals surface area (Å²) in [6.45, 7) is 4.05. The Morgan fingerprint density at radius 2 is 2.23 bits per heavy atom. The molecule has 0 aliphatic carbocycles. The quantitative estimate of drug-likeness (QED) is 0.793. The number of hydrogen-bond acceptors (Lipinski definition) is 5. The molecule has 1 atom stereocenters. The molecule has 1 aromatic heterocycles. The maximum absolute atomic E-state index is 12.1. The zero-order valence-corrected chi connectivity index (χ0v) is 13.0. The van der Waals surface area contributed by atoms with Gasteiger partial charge in [-0.05, 0) is 26.0 Å². The van der Waals surface area contributed by atoms with Crippen LogP contribution in [-0.4, -0.2) is 37.4 Å². The van der Waals surface area contributed by atoms with Crippen LogP contribution in [-0.2, 0) is 4.74 Å². The largest absolute Gasteiger partial charge is 0.497 e. The van der Waals surface area contributed by atoms with Crippen molar-refractivity contribution in [2.24, 2.45) is 0 Å². The number of rotatable bonds is 6. The third-order valence-electron chi connectivity index (χ3n) is 3.21. The molecule has 1 aromatic carbocycles. The van der Waals surface area contributed by atoms with Gasteiger partial charge in [-0.25, -0.2) is 9.78 Å². The summed E-state index contributed by atoms with van der Waals surface area (Å²) in [5, 5.41) is 13.4. The average Bonchev–Trinajstić information content (AvgIpc) is 2.51. The molecular weight excluding hydrogens is 284 g/mol. The number of ether oxygens (including phenoxy) is 2. The minimum atomic E-state index is -0.542. The Labute approximate surface area is 129 Å². The van der Waals surface area contributed by atoms with E-state index in [1.54, 1.807) is 27.2 Å². The van der Waals surface area contributed by atoms with E-state index in [-0.39, 0.29) is 0 Å². The minimum Gasteiger partial charge on any atom is -0.497 e. The smallest absolute Gasteiger partial charge is 0.346 e. The van der Waals surface area contributed by atoms with Gasteiger partial charge in [0, 0.05) is 12.6 Å². The topological polar surface area (TPSA) is 81.9 Å². The maximum atomic E-state index is 12.1. The van der Waals surface area contributed by atoms with Crippen LogP contribution in [0, 0.1) is 0 Å². The van der Waals surface area contributed by atoms with Gasteiger partial charge in [0.1, 0.15) is 11.3 Å². The van der Waals surface area contributed by atoms with Crippen molar-refractivity contribution in [3.05, 3.63) is 30.0 Å². The molecule has 0 radical (unpaired) electrons. The number of methoxy groups -OCH3 is 1. The number of fused-ring (bicyclic) bond motifs is 1. The predicted molar refractivity (Wildman–Crippen MR) is 83.2 cm³/mol.